The fourth-order valence-corrected chi connectivity index (χ4v) is 3.83. The van der Waals surface area contributed by atoms with E-state index in [0.717, 1.165) is 51.7 Å². The number of hydrogen-bond donors (Lipinski definition) is 0. The molecule has 2 heterocycles. The van der Waals surface area contributed by atoms with Crippen LogP contribution in [0.4, 0.5) is 0 Å². The molecule has 114 valence electrons. The van der Waals surface area contributed by atoms with Crippen LogP contribution in [0.2, 0.25) is 0 Å². The molecule has 1 spiro atoms. The highest BCUT2D eigenvalue weighted by atomic mass is 16.6. The van der Waals surface area contributed by atoms with Crippen LogP contribution in [0.3, 0.4) is 0 Å². The highest BCUT2D eigenvalue weighted by molar-refractivity contribution is 5.81. The molecular weight excluding hydrogens is 256 g/mol. The van der Waals surface area contributed by atoms with Crippen molar-refractivity contribution >= 4 is 5.78 Å². The van der Waals surface area contributed by atoms with Crippen LogP contribution < -0.4 is 0 Å². The first-order valence-corrected chi connectivity index (χ1v) is 8.07. The van der Waals surface area contributed by atoms with Crippen LogP contribution in [-0.4, -0.2) is 43.9 Å². The van der Waals surface area contributed by atoms with Crippen molar-refractivity contribution in [2.75, 3.05) is 26.4 Å². The van der Waals surface area contributed by atoms with Crippen molar-refractivity contribution in [2.24, 2.45) is 11.8 Å². The molecule has 1 saturated carbocycles. The van der Waals surface area contributed by atoms with E-state index in [1.165, 1.54) is 0 Å². The van der Waals surface area contributed by atoms with E-state index in [0.29, 0.717) is 31.0 Å². The smallest absolute Gasteiger partial charge is 0.136 e. The second-order valence-corrected chi connectivity index (χ2v) is 6.61. The third kappa shape index (κ3) is 3.07. The number of carbonyl (C=O) groups is 1. The van der Waals surface area contributed by atoms with Crippen LogP contribution in [0.5, 0.6) is 0 Å². The number of ether oxygens (including phenoxy) is 3. The average Bonchev–Trinajstić information content (AvgIpc) is 2.84. The molecule has 0 bridgehead atoms. The molecule has 0 amide bonds. The van der Waals surface area contributed by atoms with E-state index in [9.17, 15) is 4.79 Å². The van der Waals surface area contributed by atoms with Crippen molar-refractivity contribution in [2.45, 2.75) is 57.2 Å². The molecule has 0 aromatic heterocycles. The number of rotatable bonds is 5. The van der Waals surface area contributed by atoms with E-state index in [2.05, 4.69) is 0 Å². The largest absolute Gasteiger partial charge is 0.378 e. The van der Waals surface area contributed by atoms with E-state index in [4.69, 9.17) is 14.2 Å². The van der Waals surface area contributed by atoms with Gasteiger partial charge in [-0.3, -0.25) is 4.79 Å². The summed E-state index contributed by atoms with van der Waals surface area (Å²) in [6.07, 6.45) is 5.99. The number of Topliss-reactive ketones (excluding diaryl/α,β-unsaturated/α-hetero) is 1. The molecule has 3 fully saturated rings. The van der Waals surface area contributed by atoms with Crippen LogP contribution in [0.25, 0.3) is 0 Å². The van der Waals surface area contributed by atoms with E-state index >= 15 is 0 Å². The Kier molecular flexibility index (Phi) is 4.43. The summed E-state index contributed by atoms with van der Waals surface area (Å²) >= 11 is 0. The predicted molar refractivity (Wildman–Crippen MR) is 74.6 cm³/mol. The fourth-order valence-electron chi connectivity index (χ4n) is 3.83. The molecule has 4 nitrogen and oxygen atoms in total. The maximum atomic E-state index is 12.5. The van der Waals surface area contributed by atoms with Crippen LogP contribution in [0.1, 0.15) is 45.4 Å². The molecule has 0 aromatic carbocycles. The monoisotopic (exact) mass is 282 g/mol. The Morgan fingerprint density at radius 1 is 1.35 bits per heavy atom. The molecule has 20 heavy (non-hydrogen) atoms. The molecule has 2 saturated heterocycles. The second-order valence-electron chi connectivity index (χ2n) is 6.61. The van der Waals surface area contributed by atoms with Crippen molar-refractivity contribution in [1.29, 1.82) is 0 Å². The van der Waals surface area contributed by atoms with Gasteiger partial charge in [0.2, 0.25) is 0 Å². The summed E-state index contributed by atoms with van der Waals surface area (Å²) in [7, 11) is 0. The minimum absolute atomic E-state index is 0.147. The molecule has 3 aliphatic rings. The number of hydrogen-bond acceptors (Lipinski definition) is 4. The zero-order chi connectivity index (χ0) is 14.0. The highest BCUT2D eigenvalue weighted by Crippen LogP contribution is 2.39. The maximum Gasteiger partial charge on any atom is 0.136 e. The molecule has 0 aromatic rings. The van der Waals surface area contributed by atoms with Crippen LogP contribution >= 0.6 is 0 Å². The molecule has 4 heteroatoms. The Bertz CT molecular complexity index is 342. The van der Waals surface area contributed by atoms with Crippen molar-refractivity contribution in [1.82, 2.24) is 0 Å². The first kappa shape index (κ1) is 14.5. The van der Waals surface area contributed by atoms with Gasteiger partial charge in [0, 0.05) is 38.6 Å². The normalized spacial score (nSPS) is 40.8. The van der Waals surface area contributed by atoms with E-state index in [-0.39, 0.29) is 11.5 Å². The Labute approximate surface area is 121 Å². The van der Waals surface area contributed by atoms with Crippen molar-refractivity contribution in [3.05, 3.63) is 0 Å². The molecular formula is C16H26O4. The summed E-state index contributed by atoms with van der Waals surface area (Å²) in [6.45, 7) is 4.98. The van der Waals surface area contributed by atoms with Gasteiger partial charge in [-0.1, -0.05) is 0 Å². The highest BCUT2D eigenvalue weighted by Gasteiger charge is 2.43. The van der Waals surface area contributed by atoms with Gasteiger partial charge in [0.05, 0.1) is 18.3 Å². The zero-order valence-electron chi connectivity index (χ0n) is 12.4. The summed E-state index contributed by atoms with van der Waals surface area (Å²) in [5, 5.41) is 0. The fraction of sp³-hybridized carbons (Fsp3) is 0.938. The summed E-state index contributed by atoms with van der Waals surface area (Å²) < 4.78 is 16.9. The minimum Gasteiger partial charge on any atom is -0.378 e. The van der Waals surface area contributed by atoms with Gasteiger partial charge >= 0.3 is 0 Å². The lowest BCUT2D eigenvalue weighted by Crippen LogP contribution is -2.43. The Hall–Kier alpha value is -0.450. The minimum atomic E-state index is -0.147. The maximum absolute atomic E-state index is 12.5. The first-order valence-electron chi connectivity index (χ1n) is 8.07. The molecule has 1 aliphatic carbocycles. The Balaban J connectivity index is 1.45. The van der Waals surface area contributed by atoms with Crippen LogP contribution in [0.15, 0.2) is 0 Å². The van der Waals surface area contributed by atoms with Gasteiger partial charge in [-0.25, -0.2) is 0 Å². The van der Waals surface area contributed by atoms with Crippen molar-refractivity contribution in [3.8, 4) is 0 Å². The van der Waals surface area contributed by atoms with Crippen molar-refractivity contribution < 1.29 is 19.0 Å². The van der Waals surface area contributed by atoms with Gasteiger partial charge in [0.1, 0.15) is 5.78 Å². The van der Waals surface area contributed by atoms with Gasteiger partial charge in [-0.2, -0.15) is 0 Å². The standard InChI is InChI=1S/C16H26O4/c1-2-19-14-7-12(8-14)9-15(17)13-3-5-20-16(10-13)4-6-18-11-16/h12-14H,2-11H2,1H3. The van der Waals surface area contributed by atoms with Crippen molar-refractivity contribution in [3.63, 3.8) is 0 Å². The topological polar surface area (TPSA) is 44.8 Å². The van der Waals surface area contributed by atoms with Crippen LogP contribution in [-0.2, 0) is 19.0 Å². The predicted octanol–water partition coefficient (Wildman–Crippen LogP) is 2.35. The number of carbonyl (C=O) groups excluding carboxylic acids is 1. The zero-order valence-corrected chi connectivity index (χ0v) is 12.4. The average molecular weight is 282 g/mol. The lowest BCUT2D eigenvalue weighted by atomic mass is 9.75. The van der Waals surface area contributed by atoms with E-state index in [1.807, 2.05) is 6.92 Å². The molecule has 2 unspecified atom stereocenters. The van der Waals surface area contributed by atoms with Gasteiger partial charge in [-0.05, 0) is 38.5 Å². The van der Waals surface area contributed by atoms with Gasteiger partial charge in [-0.15, -0.1) is 0 Å². The molecule has 2 atom stereocenters. The Morgan fingerprint density at radius 2 is 2.20 bits per heavy atom. The van der Waals surface area contributed by atoms with Gasteiger partial charge in [0.25, 0.3) is 0 Å². The van der Waals surface area contributed by atoms with E-state index in [1.54, 1.807) is 0 Å². The van der Waals surface area contributed by atoms with Gasteiger partial charge in [0.15, 0.2) is 0 Å². The lowest BCUT2D eigenvalue weighted by molar-refractivity contribution is -0.139. The van der Waals surface area contributed by atoms with Gasteiger partial charge < -0.3 is 14.2 Å². The summed E-state index contributed by atoms with van der Waals surface area (Å²) in [6, 6.07) is 0. The summed E-state index contributed by atoms with van der Waals surface area (Å²) in [5.74, 6) is 1.19. The summed E-state index contributed by atoms with van der Waals surface area (Å²) in [4.78, 5) is 12.5. The molecule has 0 radical (unpaired) electrons. The van der Waals surface area contributed by atoms with Crippen LogP contribution in [0, 0.1) is 11.8 Å². The molecule has 0 N–H and O–H groups in total. The number of ketones is 1. The first-order chi connectivity index (χ1) is 9.71. The third-order valence-electron chi connectivity index (χ3n) is 5.10. The third-order valence-corrected chi connectivity index (χ3v) is 5.10. The molecule has 2 aliphatic heterocycles. The lowest BCUT2D eigenvalue weighted by Gasteiger charge is -2.38. The Morgan fingerprint density at radius 3 is 2.90 bits per heavy atom. The SMILES string of the molecule is CCOC1CC(CC(=O)C2CCOC3(CCOC3)C2)C1. The molecule has 3 rings (SSSR count). The summed E-state index contributed by atoms with van der Waals surface area (Å²) in [5.41, 5.74) is -0.147. The van der Waals surface area contributed by atoms with E-state index < -0.39 is 0 Å². The quantitative estimate of drug-likeness (QED) is 0.776. The second kappa shape index (κ2) is 6.12.